The second-order valence-electron chi connectivity index (χ2n) is 5.00. The van der Waals surface area contributed by atoms with E-state index >= 15 is 0 Å². The molecule has 2 heterocycles. The lowest BCUT2D eigenvalue weighted by Gasteiger charge is -2.20. The van der Waals surface area contributed by atoms with Crippen molar-refractivity contribution < 1.29 is 9.47 Å². The van der Waals surface area contributed by atoms with Crippen molar-refractivity contribution in [1.82, 2.24) is 0 Å². The predicted molar refractivity (Wildman–Crippen MR) is 53.9 cm³/mol. The number of hydrogen-bond donors (Lipinski definition) is 0. The standard InChI is InChI=1S/C12H18O2/c1-2-3-8-12-10(14-12)11(9-13-12)6-4-5-7-11/h2,10H,1,3-9H2/t10-,12-/m0/s1. The van der Waals surface area contributed by atoms with Gasteiger partial charge in [-0.1, -0.05) is 18.9 Å². The van der Waals surface area contributed by atoms with Crippen LogP contribution in [0.3, 0.4) is 0 Å². The molecule has 2 atom stereocenters. The minimum atomic E-state index is -0.182. The van der Waals surface area contributed by atoms with E-state index in [0.717, 1.165) is 19.4 Å². The molecule has 1 saturated carbocycles. The molecule has 2 aliphatic heterocycles. The Morgan fingerprint density at radius 1 is 1.36 bits per heavy atom. The molecule has 0 unspecified atom stereocenters. The highest BCUT2D eigenvalue weighted by Crippen LogP contribution is 2.62. The molecule has 0 aromatic heterocycles. The molecule has 0 bridgehead atoms. The van der Waals surface area contributed by atoms with Crippen molar-refractivity contribution in [3.05, 3.63) is 12.7 Å². The van der Waals surface area contributed by atoms with Gasteiger partial charge in [-0.15, -0.1) is 6.58 Å². The largest absolute Gasteiger partial charge is 0.347 e. The quantitative estimate of drug-likeness (QED) is 0.509. The Balaban J connectivity index is 1.70. The summed E-state index contributed by atoms with van der Waals surface area (Å²) in [5.74, 6) is -0.182. The molecule has 1 aliphatic carbocycles. The first-order valence-electron chi connectivity index (χ1n) is 5.74. The zero-order chi connectivity index (χ0) is 9.65. The van der Waals surface area contributed by atoms with Gasteiger partial charge < -0.3 is 9.47 Å². The zero-order valence-corrected chi connectivity index (χ0v) is 8.63. The van der Waals surface area contributed by atoms with Crippen molar-refractivity contribution in [2.75, 3.05) is 6.61 Å². The third kappa shape index (κ3) is 1.04. The van der Waals surface area contributed by atoms with Crippen LogP contribution in [0.5, 0.6) is 0 Å². The molecule has 2 nitrogen and oxygen atoms in total. The maximum absolute atomic E-state index is 5.88. The van der Waals surface area contributed by atoms with Gasteiger partial charge in [-0.05, 0) is 19.3 Å². The van der Waals surface area contributed by atoms with Gasteiger partial charge >= 0.3 is 0 Å². The predicted octanol–water partition coefficient (Wildman–Crippen LogP) is 2.64. The lowest BCUT2D eigenvalue weighted by atomic mass is 9.83. The van der Waals surface area contributed by atoms with Crippen LogP contribution in [-0.2, 0) is 9.47 Å². The third-order valence-electron chi connectivity index (χ3n) is 4.12. The van der Waals surface area contributed by atoms with E-state index < -0.39 is 0 Å². The summed E-state index contributed by atoms with van der Waals surface area (Å²) in [4.78, 5) is 0. The topological polar surface area (TPSA) is 21.8 Å². The van der Waals surface area contributed by atoms with Crippen LogP contribution in [0, 0.1) is 5.41 Å². The molecule has 3 rings (SSSR count). The lowest BCUT2D eigenvalue weighted by molar-refractivity contribution is -0.0727. The molecule has 1 spiro atoms. The first-order chi connectivity index (χ1) is 6.81. The van der Waals surface area contributed by atoms with E-state index in [0.29, 0.717) is 11.5 Å². The minimum absolute atomic E-state index is 0.182. The Bertz CT molecular complexity index is 255. The van der Waals surface area contributed by atoms with Gasteiger partial charge in [0, 0.05) is 11.8 Å². The molecule has 14 heavy (non-hydrogen) atoms. The van der Waals surface area contributed by atoms with Gasteiger partial charge in [-0.25, -0.2) is 0 Å². The van der Waals surface area contributed by atoms with Crippen molar-refractivity contribution in [2.24, 2.45) is 5.41 Å². The molecule has 0 aromatic carbocycles. The number of epoxide rings is 1. The molecular formula is C12H18O2. The van der Waals surface area contributed by atoms with Gasteiger partial charge in [0.1, 0.15) is 6.10 Å². The van der Waals surface area contributed by atoms with Gasteiger partial charge in [0.15, 0.2) is 5.79 Å². The second kappa shape index (κ2) is 2.83. The average Bonchev–Trinajstić information content (AvgIpc) is 2.63. The van der Waals surface area contributed by atoms with Crippen LogP contribution < -0.4 is 0 Å². The zero-order valence-electron chi connectivity index (χ0n) is 8.63. The molecule has 78 valence electrons. The van der Waals surface area contributed by atoms with Crippen LogP contribution in [0.15, 0.2) is 12.7 Å². The highest BCUT2D eigenvalue weighted by atomic mass is 16.8. The SMILES string of the molecule is C=CCC[C@@]12OCC3(CCCC3)[C@@H]1O2. The Morgan fingerprint density at radius 2 is 2.14 bits per heavy atom. The van der Waals surface area contributed by atoms with Crippen molar-refractivity contribution >= 4 is 0 Å². The first kappa shape index (κ1) is 8.93. The van der Waals surface area contributed by atoms with E-state index in [1.165, 1.54) is 25.7 Å². The normalized spacial score (nSPS) is 42.7. The number of rotatable bonds is 3. The smallest absolute Gasteiger partial charge is 0.196 e. The van der Waals surface area contributed by atoms with Crippen molar-refractivity contribution in [3.8, 4) is 0 Å². The van der Waals surface area contributed by atoms with Crippen LogP contribution in [-0.4, -0.2) is 18.5 Å². The molecule has 2 saturated heterocycles. The van der Waals surface area contributed by atoms with E-state index in [-0.39, 0.29) is 5.79 Å². The van der Waals surface area contributed by atoms with Crippen LogP contribution in [0.4, 0.5) is 0 Å². The summed E-state index contributed by atoms with van der Waals surface area (Å²) in [6.07, 6.45) is 9.73. The number of ether oxygens (including phenoxy) is 2. The molecule has 0 N–H and O–H groups in total. The lowest BCUT2D eigenvalue weighted by Crippen LogP contribution is -2.24. The van der Waals surface area contributed by atoms with Crippen LogP contribution in [0.2, 0.25) is 0 Å². The fraction of sp³-hybridized carbons (Fsp3) is 0.833. The number of fused-ring (bicyclic) bond motifs is 2. The molecule has 0 aromatic rings. The van der Waals surface area contributed by atoms with Crippen LogP contribution in [0.1, 0.15) is 38.5 Å². The third-order valence-corrected chi connectivity index (χ3v) is 4.12. The van der Waals surface area contributed by atoms with Crippen LogP contribution >= 0.6 is 0 Å². The van der Waals surface area contributed by atoms with E-state index in [9.17, 15) is 0 Å². The Hall–Kier alpha value is -0.340. The highest BCUT2D eigenvalue weighted by molar-refractivity contribution is 5.13. The molecule has 3 fully saturated rings. The van der Waals surface area contributed by atoms with Crippen molar-refractivity contribution in [2.45, 2.75) is 50.4 Å². The molecule has 3 aliphatic rings. The molecule has 2 heteroatoms. The van der Waals surface area contributed by atoms with E-state index in [1.807, 2.05) is 6.08 Å². The minimum Gasteiger partial charge on any atom is -0.347 e. The summed E-state index contributed by atoms with van der Waals surface area (Å²) in [7, 11) is 0. The number of allylic oxidation sites excluding steroid dienone is 1. The Labute approximate surface area is 85.3 Å². The molecule has 0 amide bonds. The summed E-state index contributed by atoms with van der Waals surface area (Å²) >= 11 is 0. The summed E-state index contributed by atoms with van der Waals surface area (Å²) in [6.45, 7) is 4.69. The van der Waals surface area contributed by atoms with Gasteiger partial charge in [0.25, 0.3) is 0 Å². The fourth-order valence-corrected chi connectivity index (χ4v) is 3.26. The maximum Gasteiger partial charge on any atom is 0.196 e. The van der Waals surface area contributed by atoms with Gasteiger partial charge in [0.05, 0.1) is 6.61 Å². The van der Waals surface area contributed by atoms with E-state index in [1.54, 1.807) is 0 Å². The summed E-state index contributed by atoms with van der Waals surface area (Å²) in [6, 6.07) is 0. The van der Waals surface area contributed by atoms with Gasteiger partial charge in [-0.2, -0.15) is 0 Å². The highest BCUT2D eigenvalue weighted by Gasteiger charge is 2.72. The van der Waals surface area contributed by atoms with Crippen molar-refractivity contribution in [1.29, 1.82) is 0 Å². The Kier molecular flexibility index (Phi) is 1.80. The van der Waals surface area contributed by atoms with Gasteiger partial charge in [0.2, 0.25) is 0 Å². The summed E-state index contributed by atoms with van der Waals surface area (Å²) in [5.41, 5.74) is 0.404. The summed E-state index contributed by atoms with van der Waals surface area (Å²) in [5, 5.41) is 0. The molecular weight excluding hydrogens is 176 g/mol. The van der Waals surface area contributed by atoms with E-state index in [2.05, 4.69) is 6.58 Å². The maximum atomic E-state index is 5.88. The summed E-state index contributed by atoms with van der Waals surface area (Å²) < 4.78 is 11.7. The van der Waals surface area contributed by atoms with Crippen molar-refractivity contribution in [3.63, 3.8) is 0 Å². The van der Waals surface area contributed by atoms with Gasteiger partial charge in [-0.3, -0.25) is 0 Å². The monoisotopic (exact) mass is 194 g/mol. The Morgan fingerprint density at radius 3 is 2.79 bits per heavy atom. The second-order valence-corrected chi connectivity index (χ2v) is 5.00. The van der Waals surface area contributed by atoms with Crippen LogP contribution in [0.25, 0.3) is 0 Å². The average molecular weight is 194 g/mol. The first-order valence-corrected chi connectivity index (χ1v) is 5.74. The fourth-order valence-electron chi connectivity index (χ4n) is 3.26. The van der Waals surface area contributed by atoms with E-state index in [4.69, 9.17) is 9.47 Å². The molecule has 0 radical (unpaired) electrons. The number of hydrogen-bond acceptors (Lipinski definition) is 2.